The molecule has 1 aliphatic heterocycles. The zero-order chi connectivity index (χ0) is 19.7. The highest BCUT2D eigenvalue weighted by atomic mass is 32.2. The first-order chi connectivity index (χ1) is 13.5. The molecule has 0 spiro atoms. The topological polar surface area (TPSA) is 61.7 Å². The summed E-state index contributed by atoms with van der Waals surface area (Å²) in [5, 5.41) is 0. The van der Waals surface area contributed by atoms with Crippen LogP contribution >= 0.6 is 11.3 Å². The third-order valence-electron chi connectivity index (χ3n) is 5.53. The predicted molar refractivity (Wildman–Crippen MR) is 117 cm³/mol. The number of hydrogen-bond acceptors (Lipinski definition) is 7. The Balaban J connectivity index is 1.42. The van der Waals surface area contributed by atoms with E-state index in [1.807, 2.05) is 17.6 Å². The van der Waals surface area contributed by atoms with Crippen molar-refractivity contribution in [2.45, 2.75) is 17.9 Å². The Kier molecular flexibility index (Phi) is 5.35. The van der Waals surface area contributed by atoms with Gasteiger partial charge in [-0.15, -0.1) is 11.3 Å². The van der Waals surface area contributed by atoms with Crippen LogP contribution in [0.2, 0.25) is 0 Å². The lowest BCUT2D eigenvalue weighted by Crippen LogP contribution is -2.47. The lowest BCUT2D eigenvalue weighted by Gasteiger charge is -2.38. The van der Waals surface area contributed by atoms with Crippen LogP contribution in [0.25, 0.3) is 10.2 Å². The van der Waals surface area contributed by atoms with Crippen molar-refractivity contribution >= 4 is 37.1 Å². The van der Waals surface area contributed by atoms with Gasteiger partial charge in [0.15, 0.2) is 0 Å². The summed E-state index contributed by atoms with van der Waals surface area (Å²) in [4.78, 5) is 14.5. The van der Waals surface area contributed by atoms with Crippen LogP contribution in [0, 0.1) is 0 Å². The fourth-order valence-corrected chi connectivity index (χ4v) is 5.01. The highest BCUT2D eigenvalue weighted by molar-refractivity contribution is 7.93. The van der Waals surface area contributed by atoms with E-state index in [4.69, 9.17) is 0 Å². The molecule has 1 aliphatic rings. The second-order valence-electron chi connectivity index (χ2n) is 7.12. The van der Waals surface area contributed by atoms with Crippen LogP contribution in [0.5, 0.6) is 0 Å². The molecule has 1 fully saturated rings. The molecule has 0 aliphatic carbocycles. The van der Waals surface area contributed by atoms with Crippen LogP contribution < -0.4 is 4.90 Å². The minimum atomic E-state index is -2.33. The number of rotatable bonds is 4. The normalized spacial score (nSPS) is 18.8. The maximum atomic E-state index is 12.3. The number of piperazine rings is 1. The molecule has 4 rings (SSSR count). The molecular weight excluding hydrogens is 390 g/mol. The van der Waals surface area contributed by atoms with E-state index >= 15 is 0 Å². The zero-order valence-electron chi connectivity index (χ0n) is 16.4. The van der Waals surface area contributed by atoms with Gasteiger partial charge < -0.3 is 4.90 Å². The minimum absolute atomic E-state index is 0.361. The molecule has 3 aromatic rings. The van der Waals surface area contributed by atoms with Crippen molar-refractivity contribution in [2.75, 3.05) is 44.4 Å². The molecule has 0 radical (unpaired) electrons. The number of anilines is 1. The highest BCUT2D eigenvalue weighted by Gasteiger charge is 2.23. The Morgan fingerprint density at radius 2 is 1.93 bits per heavy atom. The first-order valence-electron chi connectivity index (χ1n) is 9.36. The van der Waals surface area contributed by atoms with E-state index in [9.17, 15) is 4.21 Å². The van der Waals surface area contributed by atoms with Crippen LogP contribution in [0.15, 0.2) is 51.3 Å². The molecule has 2 aromatic heterocycles. The summed E-state index contributed by atoms with van der Waals surface area (Å²) < 4.78 is 17.5. The van der Waals surface area contributed by atoms with Crippen molar-refractivity contribution < 1.29 is 4.21 Å². The first kappa shape index (κ1) is 19.3. The number of pyridine rings is 1. The monoisotopic (exact) mass is 415 g/mol. The Morgan fingerprint density at radius 1 is 1.14 bits per heavy atom. The minimum Gasteiger partial charge on any atom is -0.354 e. The fraction of sp³-hybridized carbons (Fsp3) is 0.400. The lowest BCUT2D eigenvalue weighted by atomic mass is 10.1. The Labute approximate surface area is 170 Å². The van der Waals surface area contributed by atoms with Crippen molar-refractivity contribution in [1.82, 2.24) is 14.9 Å². The van der Waals surface area contributed by atoms with E-state index in [0.717, 1.165) is 37.5 Å². The molecule has 148 valence electrons. The van der Waals surface area contributed by atoms with Crippen LogP contribution in [0.1, 0.15) is 18.5 Å². The van der Waals surface area contributed by atoms with Gasteiger partial charge in [-0.1, -0.05) is 6.07 Å². The molecule has 0 bridgehead atoms. The van der Waals surface area contributed by atoms with Gasteiger partial charge in [-0.3, -0.25) is 4.90 Å². The van der Waals surface area contributed by atoms with E-state index in [2.05, 4.69) is 49.3 Å². The number of thiazole rings is 1. The third kappa shape index (κ3) is 3.76. The van der Waals surface area contributed by atoms with E-state index in [0.29, 0.717) is 10.9 Å². The summed E-state index contributed by atoms with van der Waals surface area (Å²) in [6.45, 7) is 6.08. The molecule has 0 amide bonds. The number of hydrogen-bond donors (Lipinski definition) is 0. The summed E-state index contributed by atoms with van der Waals surface area (Å²) in [6.07, 6.45) is 3.34. The molecular formula is C20H25N5OS2. The molecule has 1 saturated heterocycles. The summed E-state index contributed by atoms with van der Waals surface area (Å²) >= 11 is 1.68. The largest absolute Gasteiger partial charge is 0.354 e. The zero-order valence-corrected chi connectivity index (χ0v) is 18.0. The van der Waals surface area contributed by atoms with Gasteiger partial charge in [-0.2, -0.15) is 0 Å². The number of aromatic nitrogens is 2. The van der Waals surface area contributed by atoms with E-state index in [1.165, 1.54) is 10.3 Å². The quantitative estimate of drug-likeness (QED) is 0.651. The maximum Gasteiger partial charge on any atom is 0.128 e. The SMILES string of the molecule is CN=S(C)(=O)c1ccc(N2CCN(C(C)c3ccc4scnc4c3)CC2)nc1. The van der Waals surface area contributed by atoms with Crippen molar-refractivity contribution in [2.24, 2.45) is 4.36 Å². The molecule has 0 N–H and O–H groups in total. The molecule has 28 heavy (non-hydrogen) atoms. The van der Waals surface area contributed by atoms with Gasteiger partial charge in [0.1, 0.15) is 5.82 Å². The van der Waals surface area contributed by atoms with Crippen molar-refractivity contribution in [3.05, 3.63) is 47.6 Å². The molecule has 2 unspecified atom stereocenters. The Morgan fingerprint density at radius 3 is 2.61 bits per heavy atom. The smallest absolute Gasteiger partial charge is 0.128 e. The standard InChI is InChI=1S/C20H25N5OS2/c1-15(16-4-6-19-18(12-16)23-14-27-19)24-8-10-25(11-9-24)20-7-5-17(13-22-20)28(3,26)21-2/h4-7,12-15H,8-11H2,1-3H3. The van der Waals surface area contributed by atoms with Gasteiger partial charge in [0.25, 0.3) is 0 Å². The summed E-state index contributed by atoms with van der Waals surface area (Å²) in [5.74, 6) is 0.936. The Hall–Kier alpha value is -2.03. The molecule has 2 atom stereocenters. The average molecular weight is 416 g/mol. The van der Waals surface area contributed by atoms with Gasteiger partial charge in [0, 0.05) is 51.7 Å². The third-order valence-corrected chi connectivity index (χ3v) is 8.15. The van der Waals surface area contributed by atoms with E-state index in [1.54, 1.807) is 30.8 Å². The van der Waals surface area contributed by atoms with Gasteiger partial charge in [-0.25, -0.2) is 18.5 Å². The average Bonchev–Trinajstić information content (AvgIpc) is 3.21. The second-order valence-corrected chi connectivity index (χ2v) is 10.4. The van der Waals surface area contributed by atoms with Gasteiger partial charge in [0.2, 0.25) is 0 Å². The number of nitrogens with zero attached hydrogens (tertiary/aromatic N) is 5. The summed E-state index contributed by atoms with van der Waals surface area (Å²) in [6, 6.07) is 10.8. The number of fused-ring (bicyclic) bond motifs is 1. The van der Waals surface area contributed by atoms with Crippen LogP contribution in [-0.2, 0) is 9.73 Å². The molecule has 8 heteroatoms. The molecule has 6 nitrogen and oxygen atoms in total. The van der Waals surface area contributed by atoms with E-state index < -0.39 is 9.73 Å². The first-order valence-corrected chi connectivity index (χ1v) is 12.2. The van der Waals surface area contributed by atoms with Gasteiger partial charge in [0.05, 0.1) is 30.4 Å². The highest BCUT2D eigenvalue weighted by Crippen LogP contribution is 2.27. The number of benzene rings is 1. The molecule has 3 heterocycles. The van der Waals surface area contributed by atoms with Crippen molar-refractivity contribution in [1.29, 1.82) is 0 Å². The van der Waals surface area contributed by atoms with Crippen molar-refractivity contribution in [3.63, 3.8) is 0 Å². The second kappa shape index (κ2) is 7.77. The summed E-state index contributed by atoms with van der Waals surface area (Å²) in [5.41, 5.74) is 4.31. The summed E-state index contributed by atoms with van der Waals surface area (Å²) in [7, 11) is -0.740. The van der Waals surface area contributed by atoms with Gasteiger partial charge in [-0.05, 0) is 36.8 Å². The van der Waals surface area contributed by atoms with Crippen LogP contribution in [0.4, 0.5) is 5.82 Å². The van der Waals surface area contributed by atoms with Gasteiger partial charge >= 0.3 is 0 Å². The van der Waals surface area contributed by atoms with E-state index in [-0.39, 0.29) is 0 Å². The maximum absolute atomic E-state index is 12.3. The van der Waals surface area contributed by atoms with Crippen LogP contribution in [0.3, 0.4) is 0 Å². The van der Waals surface area contributed by atoms with Crippen LogP contribution in [-0.4, -0.2) is 58.6 Å². The van der Waals surface area contributed by atoms with Crippen molar-refractivity contribution in [3.8, 4) is 0 Å². The lowest BCUT2D eigenvalue weighted by molar-refractivity contribution is 0.198. The fourth-order valence-electron chi connectivity index (χ4n) is 3.57. The molecule has 0 saturated carbocycles. The Bertz CT molecular complexity index is 1080. The molecule has 1 aromatic carbocycles. The predicted octanol–water partition coefficient (Wildman–Crippen LogP) is 3.66.